The molecule has 2 saturated carbocycles. The quantitative estimate of drug-likeness (QED) is 0.508. The fourth-order valence-corrected chi connectivity index (χ4v) is 5.75. The lowest BCUT2D eigenvalue weighted by Crippen LogP contribution is -2.48. The molecule has 0 heterocycles. The number of fused-ring (bicyclic) bond motifs is 3. The molecule has 3 rings (SSSR count). The van der Waals surface area contributed by atoms with Crippen LogP contribution < -0.4 is 0 Å². The van der Waals surface area contributed by atoms with Gasteiger partial charge in [-0.3, -0.25) is 4.79 Å². The van der Waals surface area contributed by atoms with Crippen molar-refractivity contribution in [2.75, 3.05) is 0 Å². The van der Waals surface area contributed by atoms with Gasteiger partial charge < -0.3 is 4.74 Å². The van der Waals surface area contributed by atoms with Crippen LogP contribution in [0.2, 0.25) is 0 Å². The van der Waals surface area contributed by atoms with Crippen molar-refractivity contribution in [3.63, 3.8) is 0 Å². The van der Waals surface area contributed by atoms with E-state index >= 15 is 0 Å². The summed E-state index contributed by atoms with van der Waals surface area (Å²) in [6, 6.07) is 0. The molecule has 118 valence electrons. The standard InChI is InChI=1S/C19H30O2/c1-13(20)21-15-8-6-14-7-9-17-18(2,3)10-5-11-19(17,4)16(14)12-15/h12,14-15,17H,5-11H2,1-4H3/t14-,15+,17+,19-/m1/s1. The van der Waals surface area contributed by atoms with E-state index in [1.165, 1.54) is 45.4 Å². The summed E-state index contributed by atoms with van der Waals surface area (Å²) >= 11 is 0. The van der Waals surface area contributed by atoms with E-state index in [4.69, 9.17) is 4.74 Å². The number of allylic oxidation sites excluding steroid dienone is 1. The Morgan fingerprint density at radius 1 is 1.14 bits per heavy atom. The molecular formula is C19H30O2. The Kier molecular flexibility index (Phi) is 3.70. The van der Waals surface area contributed by atoms with Gasteiger partial charge in [-0.1, -0.05) is 32.8 Å². The Labute approximate surface area is 129 Å². The topological polar surface area (TPSA) is 26.3 Å². The molecule has 0 aromatic rings. The van der Waals surface area contributed by atoms with Crippen LogP contribution in [0.4, 0.5) is 0 Å². The van der Waals surface area contributed by atoms with Crippen LogP contribution in [0.1, 0.15) is 72.6 Å². The van der Waals surface area contributed by atoms with Gasteiger partial charge in [-0.2, -0.15) is 0 Å². The maximum atomic E-state index is 11.3. The molecule has 2 fully saturated rings. The van der Waals surface area contributed by atoms with E-state index in [1.807, 2.05) is 0 Å². The molecule has 21 heavy (non-hydrogen) atoms. The Morgan fingerprint density at radius 3 is 2.57 bits per heavy atom. The summed E-state index contributed by atoms with van der Waals surface area (Å²) in [5.74, 6) is 1.39. The summed E-state index contributed by atoms with van der Waals surface area (Å²) in [4.78, 5) is 11.3. The smallest absolute Gasteiger partial charge is 0.303 e. The fraction of sp³-hybridized carbons (Fsp3) is 0.842. The maximum absolute atomic E-state index is 11.3. The van der Waals surface area contributed by atoms with Crippen molar-refractivity contribution in [3.05, 3.63) is 11.6 Å². The minimum atomic E-state index is -0.142. The van der Waals surface area contributed by atoms with Crippen LogP contribution in [0.25, 0.3) is 0 Å². The van der Waals surface area contributed by atoms with E-state index in [0.717, 1.165) is 18.3 Å². The van der Waals surface area contributed by atoms with Gasteiger partial charge in [-0.25, -0.2) is 0 Å². The molecule has 0 aromatic carbocycles. The first-order chi connectivity index (χ1) is 9.83. The number of hydrogen-bond acceptors (Lipinski definition) is 2. The van der Waals surface area contributed by atoms with E-state index in [-0.39, 0.29) is 12.1 Å². The lowest BCUT2D eigenvalue weighted by atomic mass is 9.47. The fourth-order valence-electron chi connectivity index (χ4n) is 5.75. The minimum Gasteiger partial charge on any atom is -0.458 e. The second-order valence-corrected chi connectivity index (χ2v) is 8.43. The molecule has 3 aliphatic rings. The van der Waals surface area contributed by atoms with Gasteiger partial charge in [0, 0.05) is 6.92 Å². The van der Waals surface area contributed by atoms with Crippen molar-refractivity contribution in [1.82, 2.24) is 0 Å². The normalized spacial score (nSPS) is 41.5. The zero-order valence-corrected chi connectivity index (χ0v) is 14.1. The van der Waals surface area contributed by atoms with Gasteiger partial charge in [0.1, 0.15) is 6.10 Å². The van der Waals surface area contributed by atoms with Crippen LogP contribution in [0, 0.1) is 22.7 Å². The first-order valence-electron chi connectivity index (χ1n) is 8.72. The zero-order chi connectivity index (χ0) is 15.3. The summed E-state index contributed by atoms with van der Waals surface area (Å²) < 4.78 is 5.50. The number of carbonyl (C=O) groups excluding carboxylic acids is 1. The number of ether oxygens (including phenoxy) is 1. The van der Waals surface area contributed by atoms with E-state index in [2.05, 4.69) is 26.8 Å². The molecule has 0 aromatic heterocycles. The molecule has 3 aliphatic carbocycles. The first kappa shape index (κ1) is 15.1. The minimum absolute atomic E-state index is 0.0226. The Hall–Kier alpha value is -0.790. The second-order valence-electron chi connectivity index (χ2n) is 8.43. The zero-order valence-electron chi connectivity index (χ0n) is 14.1. The van der Waals surface area contributed by atoms with Gasteiger partial charge in [-0.15, -0.1) is 0 Å². The molecule has 4 atom stereocenters. The van der Waals surface area contributed by atoms with Gasteiger partial charge in [-0.05, 0) is 67.3 Å². The summed E-state index contributed by atoms with van der Waals surface area (Å²) in [5, 5.41) is 0. The van der Waals surface area contributed by atoms with Gasteiger partial charge >= 0.3 is 5.97 Å². The maximum Gasteiger partial charge on any atom is 0.303 e. The average Bonchev–Trinajstić information content (AvgIpc) is 2.37. The highest BCUT2D eigenvalue weighted by molar-refractivity contribution is 5.66. The van der Waals surface area contributed by atoms with Gasteiger partial charge in [0.05, 0.1) is 0 Å². The van der Waals surface area contributed by atoms with Crippen LogP contribution in [-0.4, -0.2) is 12.1 Å². The van der Waals surface area contributed by atoms with Crippen molar-refractivity contribution < 1.29 is 9.53 Å². The van der Waals surface area contributed by atoms with Crippen molar-refractivity contribution >= 4 is 5.97 Å². The highest BCUT2D eigenvalue weighted by Gasteiger charge is 2.52. The summed E-state index contributed by atoms with van der Waals surface area (Å²) in [6.45, 7) is 8.94. The highest BCUT2D eigenvalue weighted by Crippen LogP contribution is 2.62. The summed E-state index contributed by atoms with van der Waals surface area (Å²) in [6.07, 6.45) is 11.3. The Bertz CT molecular complexity index is 462. The van der Waals surface area contributed by atoms with Gasteiger partial charge in [0.2, 0.25) is 0 Å². The summed E-state index contributed by atoms with van der Waals surface area (Å²) in [7, 11) is 0. The molecule has 2 nitrogen and oxygen atoms in total. The molecule has 0 saturated heterocycles. The van der Waals surface area contributed by atoms with Crippen LogP contribution in [0.5, 0.6) is 0 Å². The number of esters is 1. The number of rotatable bonds is 1. The highest BCUT2D eigenvalue weighted by atomic mass is 16.5. The molecule has 0 amide bonds. The Balaban J connectivity index is 1.93. The SMILES string of the molecule is CC(=O)O[C@@H]1C=C2[C@H](CC1)CC[C@H]1C(C)(C)CCC[C@]21C. The number of hydrogen-bond donors (Lipinski definition) is 0. The largest absolute Gasteiger partial charge is 0.458 e. The van der Waals surface area contributed by atoms with Crippen LogP contribution >= 0.6 is 0 Å². The van der Waals surface area contributed by atoms with Crippen molar-refractivity contribution in [3.8, 4) is 0 Å². The van der Waals surface area contributed by atoms with E-state index in [1.54, 1.807) is 5.57 Å². The molecule has 0 unspecified atom stereocenters. The molecule has 0 radical (unpaired) electrons. The van der Waals surface area contributed by atoms with Crippen LogP contribution in [-0.2, 0) is 9.53 Å². The predicted octanol–water partition coefficient (Wildman–Crippen LogP) is 4.88. The molecule has 0 bridgehead atoms. The molecular weight excluding hydrogens is 260 g/mol. The summed E-state index contributed by atoms with van der Waals surface area (Å²) in [5.41, 5.74) is 2.42. The van der Waals surface area contributed by atoms with Gasteiger partial charge in [0.15, 0.2) is 0 Å². The van der Waals surface area contributed by atoms with E-state index in [9.17, 15) is 4.79 Å². The molecule has 0 N–H and O–H groups in total. The third-order valence-corrected chi connectivity index (χ3v) is 6.62. The van der Waals surface area contributed by atoms with E-state index in [0.29, 0.717) is 10.8 Å². The molecule has 2 heteroatoms. The molecule has 0 aliphatic heterocycles. The third kappa shape index (κ3) is 2.55. The Morgan fingerprint density at radius 2 is 1.86 bits per heavy atom. The molecule has 0 spiro atoms. The van der Waals surface area contributed by atoms with Crippen LogP contribution in [0.3, 0.4) is 0 Å². The number of carbonyl (C=O) groups is 1. The average molecular weight is 290 g/mol. The van der Waals surface area contributed by atoms with Crippen molar-refractivity contribution in [1.29, 1.82) is 0 Å². The van der Waals surface area contributed by atoms with Gasteiger partial charge in [0.25, 0.3) is 0 Å². The predicted molar refractivity (Wildman–Crippen MR) is 84.8 cm³/mol. The lowest BCUT2D eigenvalue weighted by molar-refractivity contribution is -0.145. The van der Waals surface area contributed by atoms with Crippen LogP contribution in [0.15, 0.2) is 11.6 Å². The first-order valence-corrected chi connectivity index (χ1v) is 8.72. The lowest BCUT2D eigenvalue weighted by Gasteiger charge is -2.57. The monoisotopic (exact) mass is 290 g/mol. The van der Waals surface area contributed by atoms with Crippen molar-refractivity contribution in [2.24, 2.45) is 22.7 Å². The van der Waals surface area contributed by atoms with Crippen molar-refractivity contribution in [2.45, 2.75) is 78.7 Å². The second kappa shape index (κ2) is 5.14. The third-order valence-electron chi connectivity index (χ3n) is 6.62. The van der Waals surface area contributed by atoms with E-state index < -0.39 is 0 Å².